The van der Waals surface area contributed by atoms with E-state index in [9.17, 15) is 32.3 Å². The van der Waals surface area contributed by atoms with Gasteiger partial charge in [-0.2, -0.15) is 0 Å². The summed E-state index contributed by atoms with van der Waals surface area (Å²) in [4.78, 5) is 48.7. The van der Waals surface area contributed by atoms with Crippen LogP contribution in [0.15, 0.2) is 24.3 Å². The molecule has 2 amide bonds. The molecule has 2 heterocycles. The minimum Gasteiger partial charge on any atom is -0.478 e. The zero-order valence-electron chi connectivity index (χ0n) is 21.3. The monoisotopic (exact) mass is 555 g/mol. The third-order valence-corrected chi connectivity index (χ3v) is 7.21. The van der Waals surface area contributed by atoms with E-state index in [1.807, 2.05) is 0 Å². The Balaban J connectivity index is 0.000000459. The molecule has 214 valence electrons. The van der Waals surface area contributed by atoms with Gasteiger partial charge >= 0.3 is 11.9 Å². The molecule has 2 aliphatic heterocycles. The number of nitrogens with zero attached hydrogens (tertiary/aromatic N) is 2. The second kappa shape index (κ2) is 13.1. The Kier molecular flexibility index (Phi) is 10.1. The van der Waals surface area contributed by atoms with Gasteiger partial charge in [0.2, 0.25) is 11.8 Å². The second-order valence-electron chi connectivity index (χ2n) is 9.85. The van der Waals surface area contributed by atoms with E-state index in [-0.39, 0.29) is 29.7 Å². The van der Waals surface area contributed by atoms with Crippen LogP contribution in [0.5, 0.6) is 0 Å². The van der Waals surface area contributed by atoms with Crippen LogP contribution in [-0.2, 0) is 30.3 Å². The van der Waals surface area contributed by atoms with Crippen LogP contribution in [-0.4, -0.2) is 89.2 Å². The highest BCUT2D eigenvalue weighted by atomic mass is 19.2. The number of piperidine rings is 1. The minimum absolute atomic E-state index is 0.0293. The van der Waals surface area contributed by atoms with E-state index in [2.05, 4.69) is 0 Å². The number of ether oxygens (including phenoxy) is 1. The molecule has 1 aromatic carbocycles. The molecule has 0 spiro atoms. The molecule has 1 saturated carbocycles. The number of morpholine rings is 1. The number of aliphatic carboxylic acids is 2. The molecule has 0 aromatic heterocycles. The Labute approximate surface area is 223 Å². The Morgan fingerprint density at radius 2 is 1.38 bits per heavy atom. The lowest BCUT2D eigenvalue weighted by Gasteiger charge is -2.37. The lowest BCUT2D eigenvalue weighted by molar-refractivity contribution is -0.152. The summed E-state index contributed by atoms with van der Waals surface area (Å²) in [7, 11) is 0. The number of amides is 2. The van der Waals surface area contributed by atoms with E-state index in [4.69, 9.17) is 20.7 Å². The van der Waals surface area contributed by atoms with Gasteiger partial charge in [-0.25, -0.2) is 22.8 Å². The molecule has 39 heavy (non-hydrogen) atoms. The maximum absolute atomic E-state index is 13.9. The summed E-state index contributed by atoms with van der Waals surface area (Å²) in [6, 6.07) is 0.970. The van der Waals surface area contributed by atoms with Gasteiger partial charge in [-0.05, 0) is 49.7 Å². The highest BCUT2D eigenvalue weighted by Crippen LogP contribution is 2.49. The summed E-state index contributed by atoms with van der Waals surface area (Å²) in [6.07, 6.45) is 3.62. The first-order chi connectivity index (χ1) is 18.4. The van der Waals surface area contributed by atoms with Gasteiger partial charge in [0.1, 0.15) is 11.2 Å². The molecule has 3 aliphatic rings. The van der Waals surface area contributed by atoms with Crippen LogP contribution in [0.4, 0.5) is 13.2 Å². The van der Waals surface area contributed by atoms with Gasteiger partial charge in [-0.3, -0.25) is 9.59 Å². The molecular weight excluding hydrogens is 523 g/mol. The van der Waals surface area contributed by atoms with Gasteiger partial charge in [0.15, 0.2) is 11.6 Å². The molecule has 3 fully saturated rings. The fraction of sp³-hybridized carbons (Fsp3) is 0.538. The Morgan fingerprint density at radius 1 is 0.897 bits per heavy atom. The summed E-state index contributed by atoms with van der Waals surface area (Å²) < 4.78 is 45.8. The predicted octanol–water partition coefficient (Wildman–Crippen LogP) is 1.56. The van der Waals surface area contributed by atoms with Crippen LogP contribution in [0.3, 0.4) is 0 Å². The molecule has 2 saturated heterocycles. The zero-order valence-corrected chi connectivity index (χ0v) is 21.3. The maximum Gasteiger partial charge on any atom is 0.328 e. The molecule has 10 nitrogen and oxygen atoms in total. The Morgan fingerprint density at radius 3 is 1.87 bits per heavy atom. The van der Waals surface area contributed by atoms with Crippen LogP contribution in [0.25, 0.3) is 0 Å². The minimum atomic E-state index is -1.26. The van der Waals surface area contributed by atoms with E-state index < -0.39 is 40.8 Å². The number of benzene rings is 1. The average Bonchev–Trinajstić information content (AvgIpc) is 3.73. The number of carbonyl (C=O) groups excluding carboxylic acids is 2. The topological polar surface area (TPSA) is 150 Å². The third kappa shape index (κ3) is 7.79. The standard InChI is InChI=1S/C22H28F3N3O3.C4H4O4/c23-16-13-18(25)17(24)11-15(16)12-19(26)14-1-5-27(6-2-14)20(29)22(3-4-22)21(30)28-7-9-31-10-8-28;5-3(6)1-2-4(7)8/h11,13-14,19H,1-10,12,26H2;1-2H,(H,5,6)(H,7,8)/b;2-1-/t19-;/m1./s1. The van der Waals surface area contributed by atoms with Crippen molar-refractivity contribution >= 4 is 23.8 Å². The number of carboxylic acids is 2. The van der Waals surface area contributed by atoms with Crippen molar-refractivity contribution in [2.75, 3.05) is 39.4 Å². The molecular formula is C26H32F3N3O7. The van der Waals surface area contributed by atoms with Crippen LogP contribution in [0, 0.1) is 28.8 Å². The van der Waals surface area contributed by atoms with Crippen molar-refractivity contribution in [1.29, 1.82) is 0 Å². The number of halogens is 3. The van der Waals surface area contributed by atoms with Gasteiger partial charge in [0, 0.05) is 50.4 Å². The summed E-state index contributed by atoms with van der Waals surface area (Å²) in [6.45, 7) is 3.00. The first-order valence-electron chi connectivity index (χ1n) is 12.6. The van der Waals surface area contributed by atoms with Crippen molar-refractivity contribution in [3.8, 4) is 0 Å². The largest absolute Gasteiger partial charge is 0.478 e. The molecule has 1 aromatic rings. The normalized spacial score (nSPS) is 19.7. The summed E-state index contributed by atoms with van der Waals surface area (Å²) in [5, 5.41) is 15.6. The quantitative estimate of drug-likeness (QED) is 0.261. The highest BCUT2D eigenvalue weighted by molar-refractivity contribution is 6.07. The fourth-order valence-corrected chi connectivity index (χ4v) is 4.83. The van der Waals surface area contributed by atoms with Crippen molar-refractivity contribution in [2.24, 2.45) is 17.1 Å². The predicted molar refractivity (Wildman–Crippen MR) is 131 cm³/mol. The highest BCUT2D eigenvalue weighted by Gasteiger charge is 2.59. The van der Waals surface area contributed by atoms with Gasteiger partial charge < -0.3 is 30.5 Å². The van der Waals surface area contributed by atoms with E-state index in [0.717, 1.165) is 6.07 Å². The van der Waals surface area contributed by atoms with Crippen LogP contribution >= 0.6 is 0 Å². The van der Waals surface area contributed by atoms with E-state index >= 15 is 0 Å². The molecule has 13 heteroatoms. The van der Waals surface area contributed by atoms with Crippen molar-refractivity contribution in [3.05, 3.63) is 47.3 Å². The molecule has 4 rings (SSSR count). The second-order valence-corrected chi connectivity index (χ2v) is 9.85. The van der Waals surface area contributed by atoms with Crippen molar-refractivity contribution < 1.29 is 47.3 Å². The molecule has 4 N–H and O–H groups in total. The van der Waals surface area contributed by atoms with Crippen molar-refractivity contribution in [2.45, 2.75) is 38.1 Å². The lowest BCUT2D eigenvalue weighted by Crippen LogP contribution is -2.52. The number of carboxylic acid groups (broad SMARTS) is 2. The average molecular weight is 556 g/mol. The summed E-state index contributed by atoms with van der Waals surface area (Å²) in [5.74, 6) is -5.80. The number of hydrogen-bond acceptors (Lipinski definition) is 6. The number of hydrogen-bond donors (Lipinski definition) is 3. The Hall–Kier alpha value is -3.45. The van der Waals surface area contributed by atoms with Gasteiger partial charge in [-0.1, -0.05) is 0 Å². The first-order valence-corrected chi connectivity index (χ1v) is 12.6. The summed E-state index contributed by atoms with van der Waals surface area (Å²) in [5.41, 5.74) is 5.38. The van der Waals surface area contributed by atoms with Crippen LogP contribution in [0.1, 0.15) is 31.2 Å². The molecule has 0 bridgehead atoms. The zero-order chi connectivity index (χ0) is 28.7. The number of nitrogens with two attached hydrogens (primary N) is 1. The Bertz CT molecular complexity index is 1100. The van der Waals surface area contributed by atoms with Crippen molar-refractivity contribution in [1.82, 2.24) is 9.80 Å². The van der Waals surface area contributed by atoms with Gasteiger partial charge in [-0.15, -0.1) is 0 Å². The van der Waals surface area contributed by atoms with E-state index in [0.29, 0.717) is 83.3 Å². The lowest BCUT2D eigenvalue weighted by atomic mass is 9.85. The SMILES string of the molecule is N[C@H](Cc1cc(F)c(F)cc1F)C1CCN(C(=O)C2(C(=O)N3CCOCC3)CC2)CC1.O=C(O)/C=C\C(=O)O. The van der Waals surface area contributed by atoms with Crippen LogP contribution < -0.4 is 5.73 Å². The number of likely N-dealkylation sites (tertiary alicyclic amines) is 1. The summed E-state index contributed by atoms with van der Waals surface area (Å²) >= 11 is 0. The molecule has 0 radical (unpaired) electrons. The number of carbonyl (C=O) groups is 4. The van der Waals surface area contributed by atoms with Gasteiger partial charge in [0.05, 0.1) is 13.2 Å². The smallest absolute Gasteiger partial charge is 0.328 e. The third-order valence-electron chi connectivity index (χ3n) is 7.21. The first kappa shape index (κ1) is 30.1. The maximum atomic E-state index is 13.9. The van der Waals surface area contributed by atoms with Crippen LogP contribution in [0.2, 0.25) is 0 Å². The van der Waals surface area contributed by atoms with E-state index in [1.54, 1.807) is 9.80 Å². The fourth-order valence-electron chi connectivity index (χ4n) is 4.83. The van der Waals surface area contributed by atoms with Gasteiger partial charge in [0.25, 0.3) is 0 Å². The molecule has 1 aliphatic carbocycles. The number of rotatable bonds is 7. The molecule has 0 unspecified atom stereocenters. The van der Waals surface area contributed by atoms with Crippen molar-refractivity contribution in [3.63, 3.8) is 0 Å². The molecule has 1 atom stereocenters. The van der Waals surface area contributed by atoms with E-state index in [1.165, 1.54) is 0 Å².